The SMILES string of the molecule is NNc1c(C(=O)NCCCS(N)(=O)=O)cccc1[N+](=O)[O-]. The summed E-state index contributed by atoms with van der Waals surface area (Å²) in [6, 6.07) is 3.91. The van der Waals surface area contributed by atoms with Crippen molar-refractivity contribution >= 4 is 27.3 Å². The highest BCUT2D eigenvalue weighted by Gasteiger charge is 2.20. The first kappa shape index (κ1) is 16.8. The summed E-state index contributed by atoms with van der Waals surface area (Å²) in [5.74, 6) is 4.32. The van der Waals surface area contributed by atoms with Crippen molar-refractivity contribution in [3.05, 3.63) is 33.9 Å². The van der Waals surface area contributed by atoms with Crippen molar-refractivity contribution in [3.63, 3.8) is 0 Å². The van der Waals surface area contributed by atoms with Crippen LogP contribution in [0.5, 0.6) is 0 Å². The molecule has 0 heterocycles. The third-order valence-electron chi connectivity index (χ3n) is 2.52. The monoisotopic (exact) mass is 317 g/mol. The number of hydrogen-bond donors (Lipinski definition) is 4. The standard InChI is InChI=1S/C10H15N5O5S/c11-14-9-7(3-1-4-8(9)15(17)18)10(16)13-5-2-6-21(12,19)20/h1,3-4,14H,2,5-6,11H2,(H,13,16)(H2,12,19,20). The summed E-state index contributed by atoms with van der Waals surface area (Å²) in [5, 5.41) is 18.1. The Bertz CT molecular complexity index is 645. The van der Waals surface area contributed by atoms with Gasteiger partial charge in [0.25, 0.3) is 11.6 Å². The fraction of sp³-hybridized carbons (Fsp3) is 0.300. The number of nitrogens with one attached hydrogen (secondary N) is 2. The summed E-state index contributed by atoms with van der Waals surface area (Å²) >= 11 is 0. The van der Waals surface area contributed by atoms with E-state index >= 15 is 0 Å². The highest BCUT2D eigenvalue weighted by molar-refractivity contribution is 7.89. The fourth-order valence-electron chi connectivity index (χ4n) is 1.60. The third-order valence-corrected chi connectivity index (χ3v) is 3.38. The number of sulfonamides is 1. The molecule has 0 saturated carbocycles. The van der Waals surface area contributed by atoms with Gasteiger partial charge in [-0.15, -0.1) is 0 Å². The van der Waals surface area contributed by atoms with Gasteiger partial charge in [0, 0.05) is 12.6 Å². The largest absolute Gasteiger partial charge is 0.352 e. The van der Waals surface area contributed by atoms with Crippen LogP contribution in [0.25, 0.3) is 0 Å². The molecule has 10 nitrogen and oxygen atoms in total. The molecule has 0 aliphatic heterocycles. The van der Waals surface area contributed by atoms with Gasteiger partial charge in [0.05, 0.1) is 16.2 Å². The second-order valence-corrected chi connectivity index (χ2v) is 5.81. The van der Waals surface area contributed by atoms with E-state index in [9.17, 15) is 23.3 Å². The van der Waals surface area contributed by atoms with Crippen molar-refractivity contribution < 1.29 is 18.1 Å². The summed E-state index contributed by atoms with van der Waals surface area (Å²) in [7, 11) is -3.59. The van der Waals surface area contributed by atoms with Crippen LogP contribution in [0, 0.1) is 10.1 Å². The van der Waals surface area contributed by atoms with Gasteiger partial charge in [-0.1, -0.05) is 6.07 Å². The lowest BCUT2D eigenvalue weighted by Gasteiger charge is -2.09. The Morgan fingerprint density at radius 2 is 2.05 bits per heavy atom. The number of nitrogen functional groups attached to an aromatic ring is 1. The van der Waals surface area contributed by atoms with E-state index in [4.69, 9.17) is 11.0 Å². The molecule has 0 radical (unpaired) electrons. The molecular formula is C10H15N5O5S. The predicted molar refractivity (Wildman–Crippen MR) is 75.8 cm³/mol. The molecule has 1 aromatic rings. The number of primary sulfonamides is 1. The number of nitro groups is 1. The highest BCUT2D eigenvalue weighted by atomic mass is 32.2. The number of para-hydroxylation sites is 1. The van der Waals surface area contributed by atoms with Crippen molar-refractivity contribution in [2.24, 2.45) is 11.0 Å². The average molecular weight is 317 g/mol. The van der Waals surface area contributed by atoms with Gasteiger partial charge in [0.2, 0.25) is 10.0 Å². The van der Waals surface area contributed by atoms with Crippen LogP contribution in [0.4, 0.5) is 11.4 Å². The number of nitrogens with two attached hydrogens (primary N) is 2. The van der Waals surface area contributed by atoms with Gasteiger partial charge in [-0.05, 0) is 12.5 Å². The molecule has 0 atom stereocenters. The quantitative estimate of drug-likeness (QED) is 0.222. The van der Waals surface area contributed by atoms with Crippen LogP contribution in [-0.4, -0.2) is 31.5 Å². The average Bonchev–Trinajstić information content (AvgIpc) is 2.41. The Morgan fingerprint density at radius 1 is 1.38 bits per heavy atom. The van der Waals surface area contributed by atoms with Crippen LogP contribution < -0.4 is 21.7 Å². The number of anilines is 1. The van der Waals surface area contributed by atoms with E-state index in [0.717, 1.165) is 0 Å². The first-order valence-electron chi connectivity index (χ1n) is 5.79. The van der Waals surface area contributed by atoms with Crippen molar-refractivity contribution in [1.29, 1.82) is 0 Å². The molecule has 0 aromatic heterocycles. The van der Waals surface area contributed by atoms with Crippen molar-refractivity contribution in [3.8, 4) is 0 Å². The van der Waals surface area contributed by atoms with E-state index in [-0.39, 0.29) is 35.7 Å². The lowest BCUT2D eigenvalue weighted by atomic mass is 10.1. The molecule has 0 unspecified atom stereocenters. The Labute approximate surface area is 120 Å². The molecule has 21 heavy (non-hydrogen) atoms. The number of nitrogens with zero attached hydrogens (tertiary/aromatic N) is 1. The minimum Gasteiger partial charge on any atom is -0.352 e. The van der Waals surface area contributed by atoms with Gasteiger partial charge in [-0.2, -0.15) is 0 Å². The maximum Gasteiger partial charge on any atom is 0.294 e. The summed E-state index contributed by atoms with van der Waals surface area (Å²) in [6.45, 7) is 0.0575. The molecule has 1 amide bonds. The minimum atomic E-state index is -3.59. The van der Waals surface area contributed by atoms with E-state index < -0.39 is 20.9 Å². The van der Waals surface area contributed by atoms with Gasteiger partial charge >= 0.3 is 0 Å². The number of rotatable bonds is 7. The van der Waals surface area contributed by atoms with Crippen LogP contribution in [-0.2, 0) is 10.0 Å². The zero-order chi connectivity index (χ0) is 16.0. The number of carbonyl (C=O) groups is 1. The fourth-order valence-corrected chi connectivity index (χ4v) is 2.15. The Hall–Kier alpha value is -2.24. The van der Waals surface area contributed by atoms with E-state index in [1.807, 2.05) is 0 Å². The molecule has 0 spiro atoms. The normalized spacial score (nSPS) is 11.0. The molecule has 11 heteroatoms. The van der Waals surface area contributed by atoms with Crippen molar-refractivity contribution in [2.75, 3.05) is 17.7 Å². The van der Waals surface area contributed by atoms with E-state index in [2.05, 4.69) is 10.7 Å². The molecule has 0 aliphatic rings. The van der Waals surface area contributed by atoms with Gasteiger partial charge in [-0.3, -0.25) is 20.8 Å². The van der Waals surface area contributed by atoms with Crippen LogP contribution in [0.2, 0.25) is 0 Å². The number of amides is 1. The Morgan fingerprint density at radius 3 is 2.57 bits per heavy atom. The van der Waals surface area contributed by atoms with E-state index in [1.165, 1.54) is 18.2 Å². The number of nitro benzene ring substituents is 1. The van der Waals surface area contributed by atoms with Crippen LogP contribution >= 0.6 is 0 Å². The summed E-state index contributed by atoms with van der Waals surface area (Å²) < 4.78 is 21.5. The number of benzene rings is 1. The summed E-state index contributed by atoms with van der Waals surface area (Å²) in [5.41, 5.74) is 1.65. The zero-order valence-corrected chi connectivity index (χ0v) is 11.7. The number of carbonyl (C=O) groups excluding carboxylic acids is 1. The lowest BCUT2D eigenvalue weighted by molar-refractivity contribution is -0.384. The first-order chi connectivity index (χ1) is 9.76. The molecule has 116 valence electrons. The second kappa shape index (κ2) is 6.97. The smallest absolute Gasteiger partial charge is 0.294 e. The van der Waals surface area contributed by atoms with Crippen molar-refractivity contribution in [1.82, 2.24) is 5.32 Å². The Balaban J connectivity index is 2.79. The molecular weight excluding hydrogens is 302 g/mol. The molecule has 0 saturated heterocycles. The Kier molecular flexibility index (Phi) is 5.58. The van der Waals surface area contributed by atoms with E-state index in [1.54, 1.807) is 0 Å². The van der Waals surface area contributed by atoms with Gasteiger partial charge in [0.1, 0.15) is 5.69 Å². The van der Waals surface area contributed by atoms with Crippen LogP contribution in [0.3, 0.4) is 0 Å². The molecule has 0 fully saturated rings. The zero-order valence-electron chi connectivity index (χ0n) is 10.9. The van der Waals surface area contributed by atoms with E-state index in [0.29, 0.717) is 0 Å². The maximum atomic E-state index is 11.9. The van der Waals surface area contributed by atoms with Gasteiger partial charge in [0.15, 0.2) is 0 Å². The highest BCUT2D eigenvalue weighted by Crippen LogP contribution is 2.27. The summed E-state index contributed by atoms with van der Waals surface area (Å²) in [6.07, 6.45) is 0.130. The molecule has 0 aliphatic carbocycles. The topological polar surface area (TPSA) is 170 Å². The van der Waals surface area contributed by atoms with Crippen molar-refractivity contribution in [2.45, 2.75) is 6.42 Å². The lowest BCUT2D eigenvalue weighted by Crippen LogP contribution is -2.28. The number of hydrazine groups is 1. The van der Waals surface area contributed by atoms with Crippen LogP contribution in [0.15, 0.2) is 18.2 Å². The summed E-state index contributed by atoms with van der Waals surface area (Å²) in [4.78, 5) is 22.1. The number of hydrogen-bond acceptors (Lipinski definition) is 7. The molecule has 1 aromatic carbocycles. The van der Waals surface area contributed by atoms with Gasteiger partial charge < -0.3 is 10.7 Å². The minimum absolute atomic E-state index is 0.0118. The first-order valence-corrected chi connectivity index (χ1v) is 7.50. The molecule has 0 bridgehead atoms. The van der Waals surface area contributed by atoms with Gasteiger partial charge in [-0.25, -0.2) is 13.6 Å². The second-order valence-electron chi connectivity index (χ2n) is 4.08. The molecule has 6 N–H and O–H groups in total. The maximum absolute atomic E-state index is 11.9. The predicted octanol–water partition coefficient (Wildman–Crippen LogP) is -0.711. The third kappa shape index (κ3) is 4.98. The molecule has 1 rings (SSSR count). The van der Waals surface area contributed by atoms with Crippen LogP contribution in [0.1, 0.15) is 16.8 Å².